The van der Waals surface area contributed by atoms with E-state index in [1.165, 1.54) is 0 Å². The number of hydrogen-bond donors (Lipinski definition) is 1. The summed E-state index contributed by atoms with van der Waals surface area (Å²) < 4.78 is 11.0. The summed E-state index contributed by atoms with van der Waals surface area (Å²) in [4.78, 5) is 9.35. The molecular weight excluding hydrogens is 262 g/mol. The number of nitrogen functional groups attached to an aromatic ring is 1. The van der Waals surface area contributed by atoms with E-state index >= 15 is 0 Å². The molecule has 0 spiro atoms. The molecule has 0 fully saturated rings. The van der Waals surface area contributed by atoms with Gasteiger partial charge in [-0.15, -0.1) is 11.8 Å². The minimum atomic E-state index is 0.438. The number of hydrogen-bond acceptors (Lipinski definition) is 6. The summed E-state index contributed by atoms with van der Waals surface area (Å²) >= 11 is 1.67. The molecule has 2 heterocycles. The van der Waals surface area contributed by atoms with Gasteiger partial charge in [-0.3, -0.25) is 4.98 Å². The maximum absolute atomic E-state index is 5.55. The molecule has 5 nitrogen and oxygen atoms in total. The minimum absolute atomic E-state index is 0.438. The molecular formula is C13H13N3O2S. The molecule has 3 rings (SSSR count). The minimum Gasteiger partial charge on any atom is -0.486 e. The van der Waals surface area contributed by atoms with Gasteiger partial charge >= 0.3 is 0 Å². The lowest BCUT2D eigenvalue weighted by atomic mass is 10.3. The number of ether oxygens (including phenoxy) is 2. The quantitative estimate of drug-likeness (QED) is 0.865. The van der Waals surface area contributed by atoms with Crippen LogP contribution in [0.1, 0.15) is 5.69 Å². The van der Waals surface area contributed by atoms with E-state index in [2.05, 4.69) is 9.97 Å². The van der Waals surface area contributed by atoms with Crippen LogP contribution in [0.15, 0.2) is 35.5 Å². The predicted octanol–water partition coefficient (Wildman–Crippen LogP) is 2.12. The fourth-order valence-corrected chi connectivity index (χ4v) is 2.53. The van der Waals surface area contributed by atoms with E-state index < -0.39 is 0 Å². The molecule has 1 aromatic carbocycles. The molecule has 0 aliphatic carbocycles. The maximum Gasteiger partial charge on any atom is 0.162 e. The van der Waals surface area contributed by atoms with Crippen LogP contribution in [0.25, 0.3) is 0 Å². The Morgan fingerprint density at radius 2 is 1.95 bits per heavy atom. The zero-order chi connectivity index (χ0) is 13.1. The van der Waals surface area contributed by atoms with Crippen LogP contribution in [0.3, 0.4) is 0 Å². The standard InChI is InChI=1S/C13H13N3O2S/c14-13-7-15-9(6-16-13)8-19-10-1-2-11-12(5-10)18-4-3-17-11/h1-2,5-7H,3-4,8H2,(H2,14,16). The van der Waals surface area contributed by atoms with Crippen molar-refractivity contribution in [2.75, 3.05) is 18.9 Å². The molecule has 0 unspecified atom stereocenters. The summed E-state index contributed by atoms with van der Waals surface area (Å²) in [5.74, 6) is 2.79. The van der Waals surface area contributed by atoms with Gasteiger partial charge in [-0.2, -0.15) is 0 Å². The van der Waals surface area contributed by atoms with E-state index in [4.69, 9.17) is 15.2 Å². The molecule has 0 bridgehead atoms. The van der Waals surface area contributed by atoms with E-state index in [-0.39, 0.29) is 0 Å². The molecule has 0 amide bonds. The lowest BCUT2D eigenvalue weighted by Gasteiger charge is -2.18. The number of benzene rings is 1. The second-order valence-electron chi connectivity index (χ2n) is 4.03. The average Bonchev–Trinajstić information content (AvgIpc) is 2.46. The summed E-state index contributed by atoms with van der Waals surface area (Å²) in [7, 11) is 0. The van der Waals surface area contributed by atoms with Gasteiger partial charge in [-0.1, -0.05) is 0 Å². The molecule has 98 valence electrons. The van der Waals surface area contributed by atoms with Crippen LogP contribution < -0.4 is 15.2 Å². The third-order valence-electron chi connectivity index (χ3n) is 2.63. The number of aromatic nitrogens is 2. The number of nitrogens with two attached hydrogens (primary N) is 1. The molecule has 1 aliphatic rings. The molecule has 6 heteroatoms. The summed E-state index contributed by atoms with van der Waals surface area (Å²) in [5, 5.41) is 0. The van der Waals surface area contributed by atoms with Crippen LogP contribution in [0, 0.1) is 0 Å². The Labute approximate surface area is 115 Å². The number of anilines is 1. The Morgan fingerprint density at radius 1 is 1.11 bits per heavy atom. The molecule has 0 saturated carbocycles. The second kappa shape index (κ2) is 5.36. The number of rotatable bonds is 3. The van der Waals surface area contributed by atoms with Crippen molar-refractivity contribution >= 4 is 17.6 Å². The van der Waals surface area contributed by atoms with Crippen molar-refractivity contribution in [3.05, 3.63) is 36.3 Å². The third-order valence-corrected chi connectivity index (χ3v) is 3.65. The van der Waals surface area contributed by atoms with Gasteiger partial charge in [-0.05, 0) is 18.2 Å². The average molecular weight is 275 g/mol. The highest BCUT2D eigenvalue weighted by Crippen LogP contribution is 2.34. The van der Waals surface area contributed by atoms with Crippen molar-refractivity contribution in [1.82, 2.24) is 9.97 Å². The van der Waals surface area contributed by atoms with E-state index in [1.54, 1.807) is 24.2 Å². The highest BCUT2D eigenvalue weighted by molar-refractivity contribution is 7.98. The van der Waals surface area contributed by atoms with Crippen molar-refractivity contribution in [3.63, 3.8) is 0 Å². The zero-order valence-electron chi connectivity index (χ0n) is 10.2. The predicted molar refractivity (Wildman–Crippen MR) is 73.4 cm³/mol. The van der Waals surface area contributed by atoms with Crippen molar-refractivity contribution in [2.24, 2.45) is 0 Å². The van der Waals surface area contributed by atoms with E-state index in [1.807, 2.05) is 18.2 Å². The lowest BCUT2D eigenvalue weighted by molar-refractivity contribution is 0.171. The third kappa shape index (κ3) is 2.90. The van der Waals surface area contributed by atoms with Crippen LogP contribution in [0.5, 0.6) is 11.5 Å². The Balaban J connectivity index is 1.68. The fraction of sp³-hybridized carbons (Fsp3) is 0.231. The molecule has 0 atom stereocenters. The Morgan fingerprint density at radius 3 is 2.74 bits per heavy atom. The van der Waals surface area contributed by atoms with Gasteiger partial charge in [0.05, 0.1) is 18.1 Å². The number of nitrogens with zero attached hydrogens (tertiary/aromatic N) is 2. The molecule has 0 radical (unpaired) electrons. The lowest BCUT2D eigenvalue weighted by Crippen LogP contribution is -2.15. The Kier molecular flexibility index (Phi) is 3.41. The SMILES string of the molecule is Nc1cnc(CSc2ccc3c(c2)OCCO3)cn1. The fourth-order valence-electron chi connectivity index (χ4n) is 1.71. The first-order valence-electron chi connectivity index (χ1n) is 5.90. The van der Waals surface area contributed by atoms with Crippen molar-refractivity contribution in [3.8, 4) is 11.5 Å². The molecule has 0 saturated heterocycles. The van der Waals surface area contributed by atoms with E-state index in [0.717, 1.165) is 27.8 Å². The monoisotopic (exact) mass is 275 g/mol. The van der Waals surface area contributed by atoms with Gasteiger partial charge in [0.1, 0.15) is 19.0 Å². The summed E-state index contributed by atoms with van der Waals surface area (Å²) in [6.07, 6.45) is 3.26. The molecule has 19 heavy (non-hydrogen) atoms. The Bertz CT molecular complexity index is 575. The summed E-state index contributed by atoms with van der Waals surface area (Å²) in [6, 6.07) is 5.94. The Hall–Kier alpha value is -1.95. The number of fused-ring (bicyclic) bond motifs is 1. The normalized spacial score (nSPS) is 13.3. The van der Waals surface area contributed by atoms with Crippen LogP contribution in [0.2, 0.25) is 0 Å². The van der Waals surface area contributed by atoms with Crippen LogP contribution >= 0.6 is 11.8 Å². The maximum atomic E-state index is 5.55. The van der Waals surface area contributed by atoms with Gasteiger partial charge in [0.25, 0.3) is 0 Å². The van der Waals surface area contributed by atoms with Crippen molar-refractivity contribution in [2.45, 2.75) is 10.6 Å². The molecule has 2 N–H and O–H groups in total. The van der Waals surface area contributed by atoms with Gasteiger partial charge in [-0.25, -0.2) is 4.98 Å². The largest absolute Gasteiger partial charge is 0.486 e. The topological polar surface area (TPSA) is 70.3 Å². The smallest absolute Gasteiger partial charge is 0.162 e. The van der Waals surface area contributed by atoms with Crippen molar-refractivity contribution in [1.29, 1.82) is 0 Å². The highest BCUT2D eigenvalue weighted by atomic mass is 32.2. The first-order valence-corrected chi connectivity index (χ1v) is 6.89. The van der Waals surface area contributed by atoms with Crippen LogP contribution in [-0.2, 0) is 5.75 Å². The van der Waals surface area contributed by atoms with Gasteiger partial charge in [0.2, 0.25) is 0 Å². The first-order chi connectivity index (χ1) is 9.31. The second-order valence-corrected chi connectivity index (χ2v) is 5.08. The van der Waals surface area contributed by atoms with Crippen LogP contribution in [-0.4, -0.2) is 23.2 Å². The van der Waals surface area contributed by atoms with Gasteiger partial charge < -0.3 is 15.2 Å². The molecule has 1 aliphatic heterocycles. The van der Waals surface area contributed by atoms with Crippen LogP contribution in [0.4, 0.5) is 5.82 Å². The summed E-state index contributed by atoms with van der Waals surface area (Å²) in [5.41, 5.74) is 6.40. The highest BCUT2D eigenvalue weighted by Gasteiger charge is 2.11. The molecule has 2 aromatic rings. The van der Waals surface area contributed by atoms with Crippen molar-refractivity contribution < 1.29 is 9.47 Å². The van der Waals surface area contributed by atoms with Gasteiger partial charge in [0, 0.05) is 10.6 Å². The van der Waals surface area contributed by atoms with Gasteiger partial charge in [0.15, 0.2) is 11.5 Å². The molecule has 1 aromatic heterocycles. The van der Waals surface area contributed by atoms with E-state index in [0.29, 0.717) is 19.0 Å². The van der Waals surface area contributed by atoms with E-state index in [9.17, 15) is 0 Å². The summed E-state index contributed by atoms with van der Waals surface area (Å²) in [6.45, 7) is 1.21. The zero-order valence-corrected chi connectivity index (χ0v) is 11.0. The number of thioether (sulfide) groups is 1. The first kappa shape index (κ1) is 12.1.